The Labute approximate surface area is 302 Å². The number of amides is 1. The van der Waals surface area contributed by atoms with Crippen LogP contribution in [0.15, 0.2) is 55.0 Å². The zero-order valence-corrected chi connectivity index (χ0v) is 31.7. The fourth-order valence-electron chi connectivity index (χ4n) is 7.63. The molecule has 0 spiro atoms. The van der Waals surface area contributed by atoms with Gasteiger partial charge in [0.05, 0.1) is 24.1 Å². The molecule has 15 heteroatoms. The summed E-state index contributed by atoms with van der Waals surface area (Å²) in [7, 11) is -4.73. The number of phosphoric ester groups is 1. The summed E-state index contributed by atoms with van der Waals surface area (Å²) in [4.78, 5) is 48.6. The van der Waals surface area contributed by atoms with Gasteiger partial charge < -0.3 is 30.1 Å². The molecule has 276 valence electrons. The van der Waals surface area contributed by atoms with Gasteiger partial charge in [0.1, 0.15) is 23.7 Å². The van der Waals surface area contributed by atoms with E-state index in [0.29, 0.717) is 34.5 Å². The van der Waals surface area contributed by atoms with Crippen LogP contribution in [0.25, 0.3) is 10.9 Å². The summed E-state index contributed by atoms with van der Waals surface area (Å²) in [5, 5.41) is 7.29. The third-order valence-electron chi connectivity index (χ3n) is 9.37. The van der Waals surface area contributed by atoms with Crippen LogP contribution in [0.4, 0.5) is 21.0 Å². The van der Waals surface area contributed by atoms with Crippen LogP contribution in [-0.4, -0.2) is 67.4 Å². The van der Waals surface area contributed by atoms with Gasteiger partial charge >= 0.3 is 7.82 Å². The van der Waals surface area contributed by atoms with Crippen molar-refractivity contribution in [1.29, 1.82) is 0 Å². The lowest BCUT2D eigenvalue weighted by Crippen LogP contribution is -2.61. The number of carbonyl (C=O) groups excluding carboxylic acids is 1. The van der Waals surface area contributed by atoms with Crippen molar-refractivity contribution in [1.82, 2.24) is 19.9 Å². The molecule has 0 unspecified atom stereocenters. The molecule has 1 aliphatic heterocycles. The maximum atomic E-state index is 13.4. The Morgan fingerprint density at radius 1 is 1.04 bits per heavy atom. The van der Waals surface area contributed by atoms with Crippen LogP contribution in [-0.2, 0) is 20.3 Å². The Morgan fingerprint density at radius 2 is 1.76 bits per heavy atom. The number of thiazole rings is 1. The lowest BCUT2D eigenvalue weighted by Gasteiger charge is -2.58. The molecule has 1 aliphatic rings. The predicted octanol–water partition coefficient (Wildman–Crippen LogP) is 7.57. The van der Waals surface area contributed by atoms with Gasteiger partial charge in [-0.3, -0.25) is 9.32 Å². The number of benzene rings is 2. The van der Waals surface area contributed by atoms with Crippen molar-refractivity contribution in [3.05, 3.63) is 65.7 Å². The molecule has 0 radical (unpaired) electrons. The minimum Gasteiger partial charge on any atom is -0.493 e. The number of rotatable bonds is 13. The van der Waals surface area contributed by atoms with E-state index in [9.17, 15) is 23.5 Å². The van der Waals surface area contributed by atoms with Crippen molar-refractivity contribution in [3.8, 4) is 5.75 Å². The molecular formula is C36H48FN6O6PS. The molecule has 51 heavy (non-hydrogen) atoms. The number of halogens is 1. The highest BCUT2D eigenvalue weighted by atomic mass is 32.1. The summed E-state index contributed by atoms with van der Waals surface area (Å²) in [5.74, 6) is 0.579. The zero-order chi connectivity index (χ0) is 37.0. The van der Waals surface area contributed by atoms with Gasteiger partial charge in [0.15, 0.2) is 5.13 Å². The molecule has 5 rings (SSSR count). The number of phosphoric acid groups is 1. The molecule has 2 aromatic heterocycles. The van der Waals surface area contributed by atoms with Crippen LogP contribution in [0, 0.1) is 22.6 Å². The Kier molecular flexibility index (Phi) is 11.8. The Bertz CT molecular complexity index is 1850. The molecule has 12 nitrogen and oxygen atoms in total. The summed E-state index contributed by atoms with van der Waals surface area (Å²) >= 11 is 1.33. The Morgan fingerprint density at radius 3 is 2.43 bits per heavy atom. The second-order valence-corrected chi connectivity index (χ2v) is 17.3. The topological polar surface area (TPSA) is 159 Å². The van der Waals surface area contributed by atoms with Crippen molar-refractivity contribution >= 4 is 52.6 Å². The Balaban J connectivity index is 1.12. The average molecular weight is 743 g/mol. The van der Waals surface area contributed by atoms with Gasteiger partial charge in [0, 0.05) is 34.8 Å². The van der Waals surface area contributed by atoms with Gasteiger partial charge in [0.2, 0.25) is 5.91 Å². The van der Waals surface area contributed by atoms with Crippen LogP contribution < -0.4 is 15.4 Å². The summed E-state index contributed by atoms with van der Waals surface area (Å²) in [6.07, 6.45) is 5.58. The number of fused-ring (bicyclic) bond motifs is 1. The SMILES string of the molecule is CC(C)(C)C(OP(=O)(O)O)(C1CCN(CCCOc2ccc3c(Nc4ncc(CC(=O)Nc5cccc(F)c5)s4)ncnc3c2)CC1)C(C)(C)C. The fourth-order valence-corrected chi connectivity index (χ4v) is 9.51. The standard InChI is InChI=1S/C36H48FN6O6PS/c1-34(2,3)36(35(4,5)6,49-50(45,46)47)24-13-16-43(17-14-24)15-8-18-48-27-11-12-29-30(20-27)39-23-40-32(29)42-33-38-22-28(51-33)21-31(44)41-26-10-7-9-25(37)19-26/h7,9-12,19-20,22-24H,8,13-18,21H2,1-6H3,(H,41,44)(H2,45,46,47)(H,38,39,40,42). The molecule has 0 aliphatic carbocycles. The van der Waals surface area contributed by atoms with Crippen molar-refractivity contribution in [2.75, 3.05) is 36.9 Å². The van der Waals surface area contributed by atoms with Crippen LogP contribution in [0.2, 0.25) is 0 Å². The van der Waals surface area contributed by atoms with Gasteiger partial charge in [-0.2, -0.15) is 0 Å². The molecule has 1 amide bonds. The van der Waals surface area contributed by atoms with Gasteiger partial charge in [-0.05, 0) is 79.4 Å². The number of likely N-dealkylation sites (tertiary alicyclic amines) is 1. The van der Waals surface area contributed by atoms with Crippen molar-refractivity contribution in [2.45, 2.75) is 72.8 Å². The number of nitrogens with zero attached hydrogens (tertiary/aromatic N) is 4. The lowest BCUT2D eigenvalue weighted by atomic mass is 9.55. The minimum atomic E-state index is -4.73. The van der Waals surface area contributed by atoms with E-state index in [-0.39, 0.29) is 18.2 Å². The van der Waals surface area contributed by atoms with E-state index in [1.165, 1.54) is 35.9 Å². The van der Waals surface area contributed by atoms with Crippen LogP contribution in [0.1, 0.15) is 65.7 Å². The van der Waals surface area contributed by atoms with Gasteiger partial charge in [0.25, 0.3) is 0 Å². The number of aromatic nitrogens is 3. The highest BCUT2D eigenvalue weighted by Crippen LogP contribution is 2.60. The first-order chi connectivity index (χ1) is 23.9. The monoisotopic (exact) mass is 742 g/mol. The molecule has 1 saturated heterocycles. The van der Waals surface area contributed by atoms with E-state index < -0.39 is 30.1 Å². The molecule has 0 bridgehead atoms. The van der Waals surface area contributed by atoms with Gasteiger partial charge in [-0.1, -0.05) is 47.6 Å². The third kappa shape index (κ3) is 9.68. The van der Waals surface area contributed by atoms with Crippen LogP contribution in [0.5, 0.6) is 5.75 Å². The van der Waals surface area contributed by atoms with E-state index >= 15 is 0 Å². The first-order valence-electron chi connectivity index (χ1n) is 17.1. The second kappa shape index (κ2) is 15.6. The summed E-state index contributed by atoms with van der Waals surface area (Å²) in [5.41, 5.74) is -0.889. The number of carbonyl (C=O) groups is 1. The van der Waals surface area contributed by atoms with Crippen molar-refractivity contribution in [3.63, 3.8) is 0 Å². The smallest absolute Gasteiger partial charge is 0.470 e. The number of hydrogen-bond donors (Lipinski definition) is 4. The van der Waals surface area contributed by atoms with E-state index in [4.69, 9.17) is 9.26 Å². The summed E-state index contributed by atoms with van der Waals surface area (Å²) in [6.45, 7) is 15.0. The lowest BCUT2D eigenvalue weighted by molar-refractivity contribution is -0.176. The van der Waals surface area contributed by atoms with Gasteiger partial charge in [-0.25, -0.2) is 23.9 Å². The zero-order valence-electron chi connectivity index (χ0n) is 30.0. The third-order valence-corrected chi connectivity index (χ3v) is 10.8. The molecule has 0 saturated carbocycles. The molecule has 4 N–H and O–H groups in total. The number of ether oxygens (including phenoxy) is 1. The van der Waals surface area contributed by atoms with Crippen molar-refractivity contribution < 1.29 is 32.8 Å². The first kappa shape index (κ1) is 38.7. The van der Waals surface area contributed by atoms with Gasteiger partial charge in [-0.15, -0.1) is 11.3 Å². The Hall–Kier alpha value is -3.52. The molecule has 4 aromatic rings. The maximum absolute atomic E-state index is 13.4. The molecule has 0 atom stereocenters. The minimum absolute atomic E-state index is 0.00569. The summed E-state index contributed by atoms with van der Waals surface area (Å²) in [6, 6.07) is 11.4. The second-order valence-electron chi connectivity index (χ2n) is 15.0. The van der Waals surface area contributed by atoms with E-state index in [0.717, 1.165) is 49.2 Å². The van der Waals surface area contributed by atoms with Crippen molar-refractivity contribution in [2.24, 2.45) is 16.7 Å². The normalized spacial score (nSPS) is 15.2. The number of hydrogen-bond acceptors (Lipinski definition) is 10. The largest absolute Gasteiger partial charge is 0.493 e. The number of piperidine rings is 1. The first-order valence-corrected chi connectivity index (χ1v) is 19.4. The maximum Gasteiger partial charge on any atom is 0.470 e. The summed E-state index contributed by atoms with van der Waals surface area (Å²) < 4.78 is 37.5. The molecular weight excluding hydrogens is 694 g/mol. The van der Waals surface area contributed by atoms with Crippen LogP contribution >= 0.6 is 19.2 Å². The van der Waals surface area contributed by atoms with Crippen LogP contribution in [0.3, 0.4) is 0 Å². The molecule has 1 fully saturated rings. The predicted molar refractivity (Wildman–Crippen MR) is 198 cm³/mol. The molecule has 2 aromatic carbocycles. The number of nitrogens with one attached hydrogen (secondary N) is 2. The van der Waals surface area contributed by atoms with E-state index in [1.54, 1.807) is 12.3 Å². The molecule has 3 heterocycles. The fraction of sp³-hybridized carbons (Fsp3) is 0.500. The number of anilines is 3. The van der Waals surface area contributed by atoms with E-state index in [1.807, 2.05) is 59.7 Å². The average Bonchev–Trinajstić information content (AvgIpc) is 3.47. The highest BCUT2D eigenvalue weighted by Gasteiger charge is 2.59. The highest BCUT2D eigenvalue weighted by molar-refractivity contribution is 7.46. The quantitative estimate of drug-likeness (QED) is 0.0791. The van der Waals surface area contributed by atoms with E-state index in [2.05, 4.69) is 30.5 Å².